The van der Waals surface area contributed by atoms with E-state index in [9.17, 15) is 0 Å². The number of fused-ring (bicyclic) bond motifs is 2. The predicted molar refractivity (Wildman–Crippen MR) is 134 cm³/mol. The highest BCUT2D eigenvalue weighted by atomic mass is 16.7. The number of methoxy groups -OCH3 is 1. The molecule has 4 unspecified atom stereocenters. The normalized spacial score (nSPS) is 26.5. The lowest BCUT2D eigenvalue weighted by atomic mass is 9.73. The number of hydrogen-bond acceptors (Lipinski definition) is 4. The van der Waals surface area contributed by atoms with Crippen LogP contribution in [0, 0.1) is 5.92 Å². The summed E-state index contributed by atoms with van der Waals surface area (Å²) in [6, 6.07) is 30.9. The van der Waals surface area contributed by atoms with E-state index in [1.54, 1.807) is 7.11 Å². The molecule has 0 amide bonds. The molecule has 1 N–H and O–H groups in total. The molecule has 0 saturated heterocycles. The molecule has 3 aliphatic rings. The highest BCUT2D eigenvalue weighted by molar-refractivity contribution is 5.44. The van der Waals surface area contributed by atoms with Gasteiger partial charge in [0.15, 0.2) is 0 Å². The van der Waals surface area contributed by atoms with Gasteiger partial charge in [-0.2, -0.15) is 0 Å². The van der Waals surface area contributed by atoms with Crippen LogP contribution in [0.15, 0.2) is 96.2 Å². The van der Waals surface area contributed by atoms with Gasteiger partial charge in [0, 0.05) is 29.8 Å². The first-order valence-electron chi connectivity index (χ1n) is 12.5. The van der Waals surface area contributed by atoms with E-state index in [0.29, 0.717) is 12.0 Å². The summed E-state index contributed by atoms with van der Waals surface area (Å²) in [5.41, 5.74) is 9.99. The summed E-state index contributed by atoms with van der Waals surface area (Å²) < 4.78 is 5.41. The molecule has 0 radical (unpaired) electrons. The Kier molecular flexibility index (Phi) is 5.86. The van der Waals surface area contributed by atoms with Gasteiger partial charge in [-0.05, 0) is 41.7 Å². The maximum atomic E-state index is 6.37. The molecule has 3 aromatic rings. The summed E-state index contributed by atoms with van der Waals surface area (Å²) >= 11 is 0. The molecule has 6 rings (SSSR count). The number of nitrogens with one attached hydrogen (secondary N) is 1. The van der Waals surface area contributed by atoms with Crippen LogP contribution in [0.3, 0.4) is 0 Å². The van der Waals surface area contributed by atoms with Crippen molar-refractivity contribution in [3.05, 3.63) is 113 Å². The summed E-state index contributed by atoms with van der Waals surface area (Å²) in [4.78, 5) is 9.13. The molecule has 4 atom stereocenters. The molecular formula is C30H32N2O2. The number of ether oxygens (including phenoxy) is 1. The van der Waals surface area contributed by atoms with Crippen LogP contribution in [0.1, 0.15) is 54.5 Å². The summed E-state index contributed by atoms with van der Waals surface area (Å²) in [6.07, 6.45) is 4.89. The molecule has 0 bridgehead atoms. The molecule has 2 aliphatic heterocycles. The lowest BCUT2D eigenvalue weighted by Gasteiger charge is -2.49. The Morgan fingerprint density at radius 2 is 1.56 bits per heavy atom. The van der Waals surface area contributed by atoms with Gasteiger partial charge in [0.1, 0.15) is 11.9 Å². The molecule has 2 heterocycles. The Balaban J connectivity index is 1.48. The van der Waals surface area contributed by atoms with E-state index in [0.717, 1.165) is 17.9 Å². The number of benzene rings is 3. The minimum absolute atomic E-state index is 0.118. The highest BCUT2D eigenvalue weighted by Gasteiger charge is 2.49. The minimum Gasteiger partial charge on any atom is -0.497 e. The minimum atomic E-state index is -0.118. The predicted octanol–water partition coefficient (Wildman–Crippen LogP) is 6.34. The number of rotatable bonds is 5. The number of hydroxylamine groups is 1. The van der Waals surface area contributed by atoms with E-state index in [1.807, 2.05) is 12.1 Å². The van der Waals surface area contributed by atoms with Gasteiger partial charge in [-0.3, -0.25) is 15.2 Å². The fraction of sp³-hybridized carbons (Fsp3) is 0.333. The van der Waals surface area contributed by atoms with Crippen molar-refractivity contribution < 1.29 is 9.57 Å². The van der Waals surface area contributed by atoms with Gasteiger partial charge in [-0.1, -0.05) is 85.6 Å². The average molecular weight is 453 g/mol. The Bertz CT molecular complexity index is 1140. The second-order valence-corrected chi connectivity index (χ2v) is 9.67. The summed E-state index contributed by atoms with van der Waals surface area (Å²) in [6.45, 7) is 0.938. The van der Waals surface area contributed by atoms with Crippen molar-refractivity contribution >= 4 is 0 Å². The standard InChI is InChI=1S/C30H32N2O2/c1-33-24-18-16-23(17-19-24)30-27-28(31-34-30)25-14-8-9-15-26(25)32(20-21-10-4-2-5-11-21)29(27)22-12-6-3-7-13-22/h2-7,10-13,16-19,25-26,29-31H,8-9,14-15,20H2,1H3. The molecule has 1 saturated carbocycles. The summed E-state index contributed by atoms with van der Waals surface area (Å²) in [5, 5.41) is 0. The van der Waals surface area contributed by atoms with E-state index in [2.05, 4.69) is 83.2 Å². The van der Waals surface area contributed by atoms with Crippen LogP contribution in [0.2, 0.25) is 0 Å². The van der Waals surface area contributed by atoms with Gasteiger partial charge in [0.25, 0.3) is 0 Å². The molecule has 0 spiro atoms. The second kappa shape index (κ2) is 9.28. The van der Waals surface area contributed by atoms with E-state index in [-0.39, 0.29) is 12.1 Å². The quantitative estimate of drug-likeness (QED) is 0.490. The first-order valence-corrected chi connectivity index (χ1v) is 12.5. The van der Waals surface area contributed by atoms with Crippen LogP contribution in [-0.4, -0.2) is 18.1 Å². The Labute approximate surface area is 202 Å². The second-order valence-electron chi connectivity index (χ2n) is 9.67. The zero-order chi connectivity index (χ0) is 22.9. The Hall–Kier alpha value is -3.08. The first kappa shape index (κ1) is 21.5. The van der Waals surface area contributed by atoms with E-state index < -0.39 is 0 Å². The SMILES string of the molecule is COc1ccc(C2ONC3=C2C(c2ccccc2)N(Cc2ccccc2)C2CCCCC32)cc1. The van der Waals surface area contributed by atoms with Gasteiger partial charge in [-0.25, -0.2) is 0 Å². The zero-order valence-corrected chi connectivity index (χ0v) is 19.7. The molecular weight excluding hydrogens is 420 g/mol. The van der Waals surface area contributed by atoms with E-state index in [4.69, 9.17) is 9.57 Å². The molecule has 1 aliphatic carbocycles. The van der Waals surface area contributed by atoms with Crippen LogP contribution in [-0.2, 0) is 11.4 Å². The monoisotopic (exact) mass is 452 g/mol. The van der Waals surface area contributed by atoms with Crippen LogP contribution in [0.5, 0.6) is 5.75 Å². The van der Waals surface area contributed by atoms with Crippen molar-refractivity contribution in [1.82, 2.24) is 10.4 Å². The van der Waals surface area contributed by atoms with Crippen molar-refractivity contribution in [2.45, 2.75) is 50.4 Å². The molecule has 34 heavy (non-hydrogen) atoms. The van der Waals surface area contributed by atoms with Crippen molar-refractivity contribution in [3.8, 4) is 5.75 Å². The largest absolute Gasteiger partial charge is 0.497 e. The smallest absolute Gasteiger partial charge is 0.135 e. The number of hydrogen-bond donors (Lipinski definition) is 1. The van der Waals surface area contributed by atoms with Crippen LogP contribution >= 0.6 is 0 Å². The maximum absolute atomic E-state index is 6.37. The van der Waals surface area contributed by atoms with Crippen LogP contribution < -0.4 is 10.2 Å². The molecule has 4 heteroatoms. The fourth-order valence-corrected chi connectivity index (χ4v) is 6.22. The lowest BCUT2D eigenvalue weighted by Crippen LogP contribution is -2.50. The van der Waals surface area contributed by atoms with Gasteiger partial charge >= 0.3 is 0 Å². The van der Waals surface area contributed by atoms with Gasteiger partial charge in [0.2, 0.25) is 0 Å². The molecule has 174 valence electrons. The third-order valence-electron chi connectivity index (χ3n) is 7.77. The molecule has 1 fully saturated rings. The third kappa shape index (κ3) is 3.81. The summed E-state index contributed by atoms with van der Waals surface area (Å²) in [7, 11) is 1.71. The van der Waals surface area contributed by atoms with Crippen molar-refractivity contribution in [2.24, 2.45) is 5.92 Å². The van der Waals surface area contributed by atoms with Crippen molar-refractivity contribution in [2.75, 3.05) is 7.11 Å². The van der Waals surface area contributed by atoms with Gasteiger partial charge in [-0.15, -0.1) is 0 Å². The third-order valence-corrected chi connectivity index (χ3v) is 7.77. The van der Waals surface area contributed by atoms with Crippen LogP contribution in [0.4, 0.5) is 0 Å². The Morgan fingerprint density at radius 3 is 2.29 bits per heavy atom. The van der Waals surface area contributed by atoms with Crippen molar-refractivity contribution in [3.63, 3.8) is 0 Å². The maximum Gasteiger partial charge on any atom is 0.135 e. The van der Waals surface area contributed by atoms with E-state index in [1.165, 1.54) is 48.1 Å². The molecule has 3 aromatic carbocycles. The molecule has 0 aromatic heterocycles. The molecule has 4 nitrogen and oxygen atoms in total. The topological polar surface area (TPSA) is 33.7 Å². The first-order chi connectivity index (χ1) is 16.8. The van der Waals surface area contributed by atoms with Gasteiger partial charge < -0.3 is 4.74 Å². The Morgan fingerprint density at radius 1 is 0.853 bits per heavy atom. The van der Waals surface area contributed by atoms with Crippen LogP contribution in [0.25, 0.3) is 0 Å². The zero-order valence-electron chi connectivity index (χ0n) is 19.7. The number of nitrogens with zero attached hydrogens (tertiary/aromatic N) is 1. The van der Waals surface area contributed by atoms with Gasteiger partial charge in [0.05, 0.1) is 13.2 Å². The summed E-state index contributed by atoms with van der Waals surface area (Å²) in [5.74, 6) is 1.35. The van der Waals surface area contributed by atoms with Crippen molar-refractivity contribution in [1.29, 1.82) is 0 Å². The van der Waals surface area contributed by atoms with E-state index >= 15 is 0 Å². The lowest BCUT2D eigenvalue weighted by molar-refractivity contribution is 0.0332. The fourth-order valence-electron chi connectivity index (χ4n) is 6.22. The average Bonchev–Trinajstić information content (AvgIpc) is 3.35. The highest BCUT2D eigenvalue weighted by Crippen LogP contribution is 2.53.